The number of nitrogens with zero attached hydrogens (tertiary/aromatic N) is 4. The normalized spacial score (nSPS) is 14.5. The summed E-state index contributed by atoms with van der Waals surface area (Å²) in [6.45, 7) is 2.73. The molecule has 1 aliphatic heterocycles. The second-order valence-electron chi connectivity index (χ2n) is 5.02. The monoisotopic (exact) mass is 304 g/mol. The van der Waals surface area contributed by atoms with E-state index in [1.165, 1.54) is 0 Å². The number of aryl methyl sites for hydroxylation is 1. The molecule has 3 rings (SSSR count). The van der Waals surface area contributed by atoms with Crippen molar-refractivity contribution in [1.29, 1.82) is 0 Å². The molecule has 0 aromatic carbocycles. The van der Waals surface area contributed by atoms with Gasteiger partial charge in [-0.3, -0.25) is 0 Å². The molecule has 1 N–H and O–H groups in total. The van der Waals surface area contributed by atoms with Gasteiger partial charge >= 0.3 is 12.0 Å². The number of anilines is 1. The Morgan fingerprint density at radius 1 is 1.32 bits per heavy atom. The molecule has 1 aliphatic rings. The quantitative estimate of drug-likeness (QED) is 0.910. The average molecular weight is 304 g/mol. The highest BCUT2D eigenvalue weighted by Gasteiger charge is 2.32. The second kappa shape index (κ2) is 5.55. The highest BCUT2D eigenvalue weighted by Crippen LogP contribution is 2.25. The van der Waals surface area contributed by atoms with E-state index in [9.17, 15) is 14.3 Å². The number of carboxylic acid groups (broad SMARTS) is 1. The van der Waals surface area contributed by atoms with Gasteiger partial charge in [-0.1, -0.05) is 0 Å². The Balaban J connectivity index is 1.66. The van der Waals surface area contributed by atoms with Gasteiger partial charge in [0.1, 0.15) is 17.5 Å². The second-order valence-corrected chi connectivity index (χ2v) is 5.02. The van der Waals surface area contributed by atoms with E-state index in [1.54, 1.807) is 24.1 Å². The summed E-state index contributed by atoms with van der Waals surface area (Å²) in [7, 11) is 0. The Hall–Kier alpha value is -2.77. The van der Waals surface area contributed by atoms with Crippen molar-refractivity contribution < 1.29 is 19.0 Å². The van der Waals surface area contributed by atoms with Gasteiger partial charge in [-0.15, -0.1) is 0 Å². The minimum absolute atomic E-state index is 0.0985. The lowest BCUT2D eigenvalue weighted by molar-refractivity contribution is 0.0695. The highest BCUT2D eigenvalue weighted by atomic mass is 19.1. The van der Waals surface area contributed by atoms with Gasteiger partial charge in [0.05, 0.1) is 25.5 Å². The van der Waals surface area contributed by atoms with E-state index < -0.39 is 11.8 Å². The van der Waals surface area contributed by atoms with Crippen molar-refractivity contribution in [2.75, 3.05) is 18.0 Å². The molecule has 0 amide bonds. The summed E-state index contributed by atoms with van der Waals surface area (Å²) in [5, 5.41) is 9.23. The lowest BCUT2D eigenvalue weighted by Crippen LogP contribution is -2.54. The van der Waals surface area contributed by atoms with Crippen LogP contribution in [-0.4, -0.2) is 45.2 Å². The van der Waals surface area contributed by atoms with Gasteiger partial charge in [0, 0.05) is 6.20 Å². The molecule has 1 fully saturated rings. The first-order valence-electron chi connectivity index (χ1n) is 6.62. The Morgan fingerprint density at radius 3 is 2.64 bits per heavy atom. The summed E-state index contributed by atoms with van der Waals surface area (Å²) in [5.74, 6) is -1.13. The molecule has 2 aromatic heterocycles. The van der Waals surface area contributed by atoms with Crippen molar-refractivity contribution in [3.8, 4) is 6.01 Å². The number of pyridine rings is 1. The third-order valence-electron chi connectivity index (χ3n) is 3.25. The summed E-state index contributed by atoms with van der Waals surface area (Å²) in [6.07, 6.45) is 3.50. The minimum atomic E-state index is -1.02. The number of carbonyl (C=O) groups is 1. The molecule has 7 nitrogen and oxygen atoms in total. The number of carboxylic acids is 1. The molecule has 0 atom stereocenters. The van der Waals surface area contributed by atoms with Crippen molar-refractivity contribution in [3.63, 3.8) is 0 Å². The zero-order chi connectivity index (χ0) is 15.7. The lowest BCUT2D eigenvalue weighted by atomic mass is 10.1. The summed E-state index contributed by atoms with van der Waals surface area (Å²) in [4.78, 5) is 24.7. The molecule has 1 saturated heterocycles. The van der Waals surface area contributed by atoms with Crippen molar-refractivity contribution >= 4 is 11.8 Å². The molecule has 0 spiro atoms. The fourth-order valence-electron chi connectivity index (χ4n) is 2.17. The van der Waals surface area contributed by atoms with E-state index in [1.807, 2.05) is 0 Å². The molecule has 0 unspecified atom stereocenters. The molecule has 0 aliphatic carbocycles. The fourth-order valence-corrected chi connectivity index (χ4v) is 2.17. The fraction of sp³-hybridized carbons (Fsp3) is 0.286. The van der Waals surface area contributed by atoms with Gasteiger partial charge in [-0.2, -0.15) is 0 Å². The van der Waals surface area contributed by atoms with E-state index in [4.69, 9.17) is 4.74 Å². The summed E-state index contributed by atoms with van der Waals surface area (Å²) in [6, 6.07) is 1.68. The van der Waals surface area contributed by atoms with Crippen LogP contribution in [0.2, 0.25) is 0 Å². The molecule has 114 valence electrons. The standard InChI is InChI=1S/C14H13FN4O3/c1-8-2-11(13(20)21)12(16-3-8)19-6-10(7-19)22-14-17-4-9(15)5-18-14/h2-5,10H,6-7H2,1H3,(H,20,21). The van der Waals surface area contributed by atoms with Crippen LogP contribution in [0.25, 0.3) is 0 Å². The van der Waals surface area contributed by atoms with Crippen LogP contribution < -0.4 is 9.64 Å². The largest absolute Gasteiger partial charge is 0.478 e. The molecule has 0 bridgehead atoms. The van der Waals surface area contributed by atoms with E-state index in [0.29, 0.717) is 18.9 Å². The van der Waals surface area contributed by atoms with Crippen LogP contribution in [0.3, 0.4) is 0 Å². The van der Waals surface area contributed by atoms with Crippen LogP contribution in [0.15, 0.2) is 24.7 Å². The van der Waals surface area contributed by atoms with E-state index >= 15 is 0 Å². The van der Waals surface area contributed by atoms with Gasteiger partial charge < -0.3 is 14.7 Å². The van der Waals surface area contributed by atoms with E-state index in [-0.39, 0.29) is 17.7 Å². The van der Waals surface area contributed by atoms with Crippen molar-refractivity contribution in [3.05, 3.63) is 41.6 Å². The first-order valence-corrected chi connectivity index (χ1v) is 6.62. The van der Waals surface area contributed by atoms with Crippen LogP contribution in [0.1, 0.15) is 15.9 Å². The average Bonchev–Trinajstić information content (AvgIpc) is 2.45. The Labute approximate surface area is 125 Å². The van der Waals surface area contributed by atoms with Gasteiger partial charge in [0.25, 0.3) is 0 Å². The van der Waals surface area contributed by atoms with Crippen molar-refractivity contribution in [1.82, 2.24) is 15.0 Å². The zero-order valence-electron chi connectivity index (χ0n) is 11.7. The number of ether oxygens (including phenoxy) is 1. The Bertz CT molecular complexity index is 702. The first-order chi connectivity index (χ1) is 10.5. The molecule has 0 radical (unpaired) electrons. The molecule has 3 heterocycles. The third kappa shape index (κ3) is 2.80. The molecule has 8 heteroatoms. The highest BCUT2D eigenvalue weighted by molar-refractivity contribution is 5.93. The van der Waals surface area contributed by atoms with Crippen LogP contribution >= 0.6 is 0 Å². The number of hydrogen-bond donors (Lipinski definition) is 1. The van der Waals surface area contributed by atoms with Gasteiger partial charge in [0.2, 0.25) is 0 Å². The maximum absolute atomic E-state index is 12.7. The summed E-state index contributed by atoms with van der Waals surface area (Å²) in [5.41, 5.74) is 0.950. The maximum atomic E-state index is 12.7. The van der Waals surface area contributed by atoms with Crippen LogP contribution in [0.4, 0.5) is 10.2 Å². The Kier molecular flexibility index (Phi) is 3.58. The summed E-state index contributed by atoms with van der Waals surface area (Å²) < 4.78 is 18.2. The number of halogens is 1. The number of aromatic nitrogens is 3. The number of aromatic carboxylic acids is 1. The van der Waals surface area contributed by atoms with Gasteiger partial charge in [-0.05, 0) is 18.6 Å². The van der Waals surface area contributed by atoms with Crippen molar-refractivity contribution in [2.24, 2.45) is 0 Å². The van der Waals surface area contributed by atoms with E-state index in [0.717, 1.165) is 18.0 Å². The van der Waals surface area contributed by atoms with E-state index in [2.05, 4.69) is 15.0 Å². The SMILES string of the molecule is Cc1cnc(N2CC(Oc3ncc(F)cn3)C2)c(C(=O)O)c1. The number of hydrogen-bond acceptors (Lipinski definition) is 6. The molecule has 0 saturated carbocycles. The maximum Gasteiger partial charge on any atom is 0.339 e. The van der Waals surface area contributed by atoms with Crippen LogP contribution in [-0.2, 0) is 0 Å². The molecular formula is C14H13FN4O3. The smallest absolute Gasteiger partial charge is 0.339 e. The predicted octanol–water partition coefficient (Wildman–Crippen LogP) is 1.28. The van der Waals surface area contributed by atoms with Gasteiger partial charge in [-0.25, -0.2) is 24.1 Å². The third-order valence-corrected chi connectivity index (χ3v) is 3.25. The topological polar surface area (TPSA) is 88.4 Å². The van der Waals surface area contributed by atoms with Crippen LogP contribution in [0.5, 0.6) is 6.01 Å². The lowest BCUT2D eigenvalue weighted by Gasteiger charge is -2.39. The van der Waals surface area contributed by atoms with Crippen molar-refractivity contribution in [2.45, 2.75) is 13.0 Å². The Morgan fingerprint density at radius 2 is 2.00 bits per heavy atom. The van der Waals surface area contributed by atoms with Crippen LogP contribution in [0, 0.1) is 12.7 Å². The molecular weight excluding hydrogens is 291 g/mol. The predicted molar refractivity (Wildman–Crippen MR) is 74.6 cm³/mol. The van der Waals surface area contributed by atoms with Gasteiger partial charge in [0.15, 0.2) is 5.82 Å². The first kappa shape index (κ1) is 14.2. The molecule has 22 heavy (non-hydrogen) atoms. The molecule has 2 aromatic rings. The number of rotatable bonds is 4. The minimum Gasteiger partial charge on any atom is -0.478 e. The summed E-state index contributed by atoms with van der Waals surface area (Å²) >= 11 is 0. The zero-order valence-corrected chi connectivity index (χ0v) is 11.7.